The van der Waals surface area contributed by atoms with E-state index in [1.165, 1.54) is 31.4 Å². The first-order chi connectivity index (χ1) is 13.9. The van der Waals surface area contributed by atoms with E-state index in [0.29, 0.717) is 16.5 Å². The van der Waals surface area contributed by atoms with Crippen LogP contribution in [0, 0.1) is 0 Å². The molecule has 0 aliphatic rings. The molecule has 0 saturated heterocycles. The second-order valence-electron chi connectivity index (χ2n) is 6.62. The molecule has 6 nitrogen and oxygen atoms in total. The molecule has 3 rings (SSSR count). The van der Waals surface area contributed by atoms with Gasteiger partial charge in [-0.1, -0.05) is 49.4 Å². The molecule has 150 valence electrons. The molecule has 7 heteroatoms. The number of hydrogen-bond donors (Lipinski definition) is 1. The molecule has 0 radical (unpaired) electrons. The fourth-order valence-electron chi connectivity index (χ4n) is 2.83. The summed E-state index contributed by atoms with van der Waals surface area (Å²) in [5.74, 6) is 0.181. The van der Waals surface area contributed by atoms with Gasteiger partial charge in [0.25, 0.3) is 5.56 Å². The Balaban J connectivity index is 2.11. The third kappa shape index (κ3) is 4.51. The molecule has 0 spiro atoms. The van der Waals surface area contributed by atoms with Gasteiger partial charge < -0.3 is 5.11 Å². The number of aromatic hydroxyl groups is 1. The smallest absolute Gasteiger partial charge is 0.333 e. The van der Waals surface area contributed by atoms with Gasteiger partial charge in [0.2, 0.25) is 5.88 Å². The molecule has 0 atom stereocenters. The average molecular weight is 410 g/mol. The number of nitrogens with zero attached hydrogens (tertiary/aromatic N) is 3. The van der Waals surface area contributed by atoms with E-state index >= 15 is 0 Å². The van der Waals surface area contributed by atoms with Crippen molar-refractivity contribution in [1.82, 2.24) is 9.13 Å². The van der Waals surface area contributed by atoms with Gasteiger partial charge in [0.1, 0.15) is 10.6 Å². The highest BCUT2D eigenvalue weighted by atomic mass is 32.2. The van der Waals surface area contributed by atoms with Gasteiger partial charge in [-0.3, -0.25) is 13.9 Å². The number of hydrogen-bond acceptors (Lipinski definition) is 5. The highest BCUT2D eigenvalue weighted by Gasteiger charge is 2.21. The fourth-order valence-corrected chi connectivity index (χ4v) is 3.82. The molecule has 0 bridgehead atoms. The zero-order valence-electron chi connectivity index (χ0n) is 16.6. The van der Waals surface area contributed by atoms with Gasteiger partial charge in [-0.15, -0.1) is 11.8 Å². The second kappa shape index (κ2) is 8.96. The summed E-state index contributed by atoms with van der Waals surface area (Å²) < 4.78 is 2.03. The van der Waals surface area contributed by atoms with Gasteiger partial charge >= 0.3 is 5.69 Å². The number of thioether (sulfide) groups is 1. The van der Waals surface area contributed by atoms with Crippen LogP contribution in [0.2, 0.25) is 0 Å². The Bertz CT molecular complexity index is 1150. The number of rotatable bonds is 5. The molecule has 3 aromatic rings. The molecule has 1 N–H and O–H groups in total. The van der Waals surface area contributed by atoms with Crippen LogP contribution in [0.25, 0.3) is 0 Å². The average Bonchev–Trinajstić information content (AvgIpc) is 2.76. The van der Waals surface area contributed by atoms with E-state index in [1.54, 1.807) is 0 Å². The van der Waals surface area contributed by atoms with Crippen LogP contribution in [-0.4, -0.2) is 19.3 Å². The van der Waals surface area contributed by atoms with Crippen LogP contribution in [0.15, 0.2) is 69.2 Å². The number of aryl methyl sites for hydroxylation is 1. The van der Waals surface area contributed by atoms with Gasteiger partial charge in [0, 0.05) is 19.8 Å². The Morgan fingerprint density at radius 1 is 0.966 bits per heavy atom. The molecule has 1 heterocycles. The summed E-state index contributed by atoms with van der Waals surface area (Å²) in [4.78, 5) is 29.6. The van der Waals surface area contributed by atoms with E-state index in [1.807, 2.05) is 54.6 Å². The number of aromatic nitrogens is 2. The Labute approximate surface area is 173 Å². The van der Waals surface area contributed by atoms with Gasteiger partial charge in [-0.05, 0) is 29.7 Å². The minimum atomic E-state index is -0.587. The zero-order valence-corrected chi connectivity index (χ0v) is 17.4. The van der Waals surface area contributed by atoms with Crippen molar-refractivity contribution in [2.75, 3.05) is 0 Å². The summed E-state index contributed by atoms with van der Waals surface area (Å²) in [6.07, 6.45) is 0.918. The Morgan fingerprint density at radius 3 is 2.24 bits per heavy atom. The van der Waals surface area contributed by atoms with E-state index in [4.69, 9.17) is 0 Å². The quantitative estimate of drug-likeness (QED) is 0.518. The molecule has 0 unspecified atom stereocenters. The molecular weight excluding hydrogens is 386 g/mol. The maximum absolute atomic E-state index is 12.8. The fraction of sp³-hybridized carbons (Fsp3) is 0.227. The van der Waals surface area contributed by atoms with Crippen LogP contribution in [0.3, 0.4) is 0 Å². The molecule has 1 aromatic heterocycles. The van der Waals surface area contributed by atoms with Crippen molar-refractivity contribution in [2.24, 2.45) is 19.1 Å². The van der Waals surface area contributed by atoms with Crippen molar-refractivity contribution in [2.45, 2.75) is 19.1 Å². The summed E-state index contributed by atoms with van der Waals surface area (Å²) in [5.41, 5.74) is 1.78. The van der Waals surface area contributed by atoms with Crippen molar-refractivity contribution in [3.63, 3.8) is 0 Å². The van der Waals surface area contributed by atoms with E-state index in [-0.39, 0.29) is 11.4 Å². The second-order valence-corrected chi connectivity index (χ2v) is 7.58. The Kier molecular flexibility index (Phi) is 6.39. The predicted molar refractivity (Wildman–Crippen MR) is 118 cm³/mol. The molecule has 2 aromatic carbocycles. The van der Waals surface area contributed by atoms with Gasteiger partial charge in [-0.2, -0.15) is 0 Å². The van der Waals surface area contributed by atoms with Gasteiger partial charge in [0.05, 0.1) is 5.69 Å². The lowest BCUT2D eigenvalue weighted by atomic mass is 10.1. The molecule has 0 saturated carbocycles. The van der Waals surface area contributed by atoms with E-state index in [0.717, 1.165) is 21.1 Å². The minimum Gasteiger partial charge on any atom is -0.494 e. The first-order valence-electron chi connectivity index (χ1n) is 9.26. The van der Waals surface area contributed by atoms with Crippen LogP contribution in [-0.2, 0) is 26.3 Å². The third-order valence-corrected chi connectivity index (χ3v) is 5.69. The van der Waals surface area contributed by atoms with E-state index < -0.39 is 11.2 Å². The normalized spacial score (nSPS) is 11.6. The standard InChI is InChI=1S/C22H23N3O3S/c1-4-15-10-12-17(13-11-15)23-19(29-14-16-8-6-5-7-9-16)18-20(26)24(2)22(28)25(3)21(18)27/h5-13,26H,4,14H2,1-3H3. The van der Waals surface area contributed by atoms with Crippen LogP contribution in [0.5, 0.6) is 5.88 Å². The summed E-state index contributed by atoms with van der Waals surface area (Å²) in [6.45, 7) is 2.08. The summed E-state index contributed by atoms with van der Waals surface area (Å²) in [5, 5.41) is 10.9. The summed E-state index contributed by atoms with van der Waals surface area (Å²) in [7, 11) is 2.82. The lowest BCUT2D eigenvalue weighted by Gasteiger charge is -2.12. The van der Waals surface area contributed by atoms with Crippen LogP contribution < -0.4 is 11.2 Å². The highest BCUT2D eigenvalue weighted by molar-refractivity contribution is 8.13. The minimum absolute atomic E-state index is 0.0232. The molecule has 0 amide bonds. The Hall–Kier alpha value is -3.06. The van der Waals surface area contributed by atoms with Crippen molar-refractivity contribution < 1.29 is 5.11 Å². The molecule has 0 aliphatic carbocycles. The third-order valence-electron chi connectivity index (χ3n) is 4.64. The molecular formula is C22H23N3O3S. The first-order valence-corrected chi connectivity index (χ1v) is 10.2. The maximum atomic E-state index is 12.8. The highest BCUT2D eigenvalue weighted by Crippen LogP contribution is 2.25. The predicted octanol–water partition coefficient (Wildman–Crippen LogP) is 3.36. The zero-order chi connectivity index (χ0) is 21.0. The maximum Gasteiger partial charge on any atom is 0.333 e. The number of aliphatic imine (C=N–C) groups is 1. The van der Waals surface area contributed by atoms with Crippen LogP contribution in [0.1, 0.15) is 23.6 Å². The number of benzene rings is 2. The van der Waals surface area contributed by atoms with Crippen molar-refractivity contribution in [3.8, 4) is 5.88 Å². The first kappa shape index (κ1) is 20.7. The largest absolute Gasteiger partial charge is 0.494 e. The van der Waals surface area contributed by atoms with E-state index in [2.05, 4.69) is 11.9 Å². The van der Waals surface area contributed by atoms with Crippen LogP contribution >= 0.6 is 11.8 Å². The molecule has 0 aliphatic heterocycles. The van der Waals surface area contributed by atoms with Crippen molar-refractivity contribution in [3.05, 3.63) is 92.1 Å². The Morgan fingerprint density at radius 2 is 1.62 bits per heavy atom. The lowest BCUT2D eigenvalue weighted by Crippen LogP contribution is -2.39. The van der Waals surface area contributed by atoms with E-state index in [9.17, 15) is 14.7 Å². The molecule has 0 fully saturated rings. The van der Waals surface area contributed by atoms with Gasteiger partial charge in [-0.25, -0.2) is 9.79 Å². The SMILES string of the molecule is CCc1ccc(N=C(SCc2ccccc2)c2c(O)n(C)c(=O)n(C)c2=O)cc1. The van der Waals surface area contributed by atoms with Crippen molar-refractivity contribution in [1.29, 1.82) is 0 Å². The monoisotopic (exact) mass is 409 g/mol. The molecule has 29 heavy (non-hydrogen) atoms. The van der Waals surface area contributed by atoms with Gasteiger partial charge in [0.15, 0.2) is 0 Å². The summed E-state index contributed by atoms with van der Waals surface area (Å²) in [6, 6.07) is 17.5. The van der Waals surface area contributed by atoms with Crippen LogP contribution in [0.4, 0.5) is 5.69 Å². The topological polar surface area (TPSA) is 76.6 Å². The lowest BCUT2D eigenvalue weighted by molar-refractivity contribution is 0.410. The van der Waals surface area contributed by atoms with Crippen molar-refractivity contribution >= 4 is 22.5 Å². The summed E-state index contributed by atoms with van der Waals surface area (Å²) >= 11 is 1.35.